The van der Waals surface area contributed by atoms with Gasteiger partial charge in [0.15, 0.2) is 5.75 Å². The van der Waals surface area contributed by atoms with E-state index >= 15 is 0 Å². The number of azo groups is 2. The van der Waals surface area contributed by atoms with Gasteiger partial charge in [-0.15, -0.1) is 20.5 Å². The van der Waals surface area contributed by atoms with Gasteiger partial charge in [-0.1, -0.05) is 60.1 Å². The van der Waals surface area contributed by atoms with Crippen LogP contribution in [-0.2, 0) is 20.2 Å². The minimum Gasteiger partial charge on any atom is -0.505 e. The second-order valence-corrected chi connectivity index (χ2v) is 11.8. The molecule has 15 heteroatoms. The van der Waals surface area contributed by atoms with Gasteiger partial charge in [0.1, 0.15) is 26.9 Å². The Morgan fingerprint density at radius 1 is 0.659 bits per heavy atom. The first-order valence-corrected chi connectivity index (χ1v) is 14.7. The lowest BCUT2D eigenvalue weighted by Crippen LogP contribution is -2.03. The van der Waals surface area contributed by atoms with E-state index in [9.17, 15) is 31.0 Å². The van der Waals surface area contributed by atoms with Crippen LogP contribution in [0.3, 0.4) is 0 Å². The molecule has 0 amide bonds. The van der Waals surface area contributed by atoms with Crippen molar-refractivity contribution >= 4 is 81.8 Å². The molecule has 0 bridgehead atoms. The van der Waals surface area contributed by atoms with Gasteiger partial charge in [-0.3, -0.25) is 9.11 Å². The predicted octanol–water partition coefficient (Wildman–Crippen LogP) is 7.26. The molecule has 5 N–H and O–H groups in total. The van der Waals surface area contributed by atoms with Crippen molar-refractivity contribution < 1.29 is 31.0 Å². The molecule has 12 nitrogen and oxygen atoms in total. The van der Waals surface area contributed by atoms with Crippen LogP contribution < -0.4 is 5.73 Å². The molecule has 0 saturated carbocycles. The van der Waals surface area contributed by atoms with Crippen molar-refractivity contribution in [2.45, 2.75) is 9.79 Å². The number of nitrogen functional groups attached to an aromatic ring is 1. The summed E-state index contributed by atoms with van der Waals surface area (Å²) in [7, 11) is -10.0. The van der Waals surface area contributed by atoms with Gasteiger partial charge in [-0.2, -0.15) is 16.8 Å². The van der Waals surface area contributed by atoms with Crippen molar-refractivity contribution in [3.05, 3.63) is 83.9 Å². The standard InChI is InChI=1S/C26H18ClN5O7S2/c27-17-9-3-4-10-19(17)30-31-24-20(40(34,35)36)12-15-13-21(41(37,38)39)25(26(33)22(15)23(24)28)32-29-18-11-5-7-14-6-1-2-8-16(14)18/h1-13,33H,28H2,(H,34,35,36)(H,37,38,39). The smallest absolute Gasteiger partial charge is 0.296 e. The highest BCUT2D eigenvalue weighted by Gasteiger charge is 2.28. The topological polar surface area (TPSA) is 204 Å². The molecule has 0 saturated heterocycles. The second-order valence-electron chi connectivity index (χ2n) is 8.61. The molecule has 0 unspecified atom stereocenters. The van der Waals surface area contributed by atoms with Crippen LogP contribution in [0.2, 0.25) is 5.02 Å². The summed E-state index contributed by atoms with van der Waals surface area (Å²) in [5, 5.41) is 28.1. The Balaban J connectivity index is 1.79. The molecule has 41 heavy (non-hydrogen) atoms. The summed E-state index contributed by atoms with van der Waals surface area (Å²) in [6.45, 7) is 0. The third-order valence-corrected chi connectivity index (χ3v) is 8.06. The van der Waals surface area contributed by atoms with E-state index < -0.39 is 52.8 Å². The van der Waals surface area contributed by atoms with Crippen LogP contribution in [0.25, 0.3) is 21.5 Å². The van der Waals surface area contributed by atoms with E-state index in [4.69, 9.17) is 17.3 Å². The zero-order valence-corrected chi connectivity index (χ0v) is 22.9. The van der Waals surface area contributed by atoms with Crippen molar-refractivity contribution in [2.75, 3.05) is 5.73 Å². The summed E-state index contributed by atoms with van der Waals surface area (Å²) < 4.78 is 68.9. The third kappa shape index (κ3) is 5.46. The molecule has 5 aromatic carbocycles. The highest BCUT2D eigenvalue weighted by Crippen LogP contribution is 2.48. The molecule has 0 atom stereocenters. The molecule has 0 heterocycles. The van der Waals surface area contributed by atoms with Gasteiger partial charge in [0, 0.05) is 5.39 Å². The zero-order valence-electron chi connectivity index (χ0n) is 20.5. The van der Waals surface area contributed by atoms with Gasteiger partial charge in [-0.25, -0.2) is 0 Å². The van der Waals surface area contributed by atoms with Crippen LogP contribution in [0.5, 0.6) is 5.75 Å². The molecule has 5 rings (SSSR count). The lowest BCUT2D eigenvalue weighted by Gasteiger charge is -2.14. The molecule has 0 aliphatic heterocycles. The van der Waals surface area contributed by atoms with Crippen LogP contribution in [0.1, 0.15) is 0 Å². The van der Waals surface area contributed by atoms with Gasteiger partial charge < -0.3 is 10.8 Å². The summed E-state index contributed by atoms with van der Waals surface area (Å²) in [5.74, 6) is -0.854. The lowest BCUT2D eigenvalue weighted by molar-refractivity contribution is 0.472. The number of hydrogen-bond acceptors (Lipinski definition) is 10. The number of halogens is 1. The molecule has 0 radical (unpaired) electrons. The number of nitrogens with two attached hydrogens (primary N) is 1. The van der Waals surface area contributed by atoms with Gasteiger partial charge in [0.25, 0.3) is 20.2 Å². The van der Waals surface area contributed by atoms with Gasteiger partial charge >= 0.3 is 0 Å². The van der Waals surface area contributed by atoms with Crippen molar-refractivity contribution in [1.82, 2.24) is 0 Å². The summed E-state index contributed by atoms with van der Waals surface area (Å²) in [6.07, 6.45) is 0. The number of fused-ring (bicyclic) bond motifs is 2. The number of phenols is 1. The first-order chi connectivity index (χ1) is 19.4. The van der Waals surface area contributed by atoms with E-state index in [1.165, 1.54) is 12.1 Å². The molecule has 208 valence electrons. The molecular formula is C26H18ClN5O7S2. The molecule has 0 aliphatic rings. The Hall–Kier alpha value is -4.47. The molecule has 0 aromatic heterocycles. The third-order valence-electron chi connectivity index (χ3n) is 6.00. The number of benzene rings is 5. The van der Waals surface area contributed by atoms with E-state index in [-0.39, 0.29) is 21.5 Å². The minimum absolute atomic E-state index is 0.144. The normalized spacial score (nSPS) is 12.7. The number of anilines is 1. The maximum Gasteiger partial charge on any atom is 0.296 e. The Labute approximate surface area is 237 Å². The fraction of sp³-hybridized carbons (Fsp3) is 0. The van der Waals surface area contributed by atoms with Crippen molar-refractivity contribution in [3.8, 4) is 5.75 Å². The van der Waals surface area contributed by atoms with Gasteiger partial charge in [0.05, 0.1) is 21.8 Å². The number of phenolic OH excluding ortho intramolecular Hbond substituents is 1. The summed E-state index contributed by atoms with van der Waals surface area (Å²) in [5.41, 5.74) is 4.96. The van der Waals surface area contributed by atoms with E-state index in [0.29, 0.717) is 11.1 Å². The lowest BCUT2D eigenvalue weighted by atomic mass is 10.1. The summed E-state index contributed by atoms with van der Waals surface area (Å²) >= 11 is 6.09. The number of hydrogen-bond donors (Lipinski definition) is 4. The molecular weight excluding hydrogens is 594 g/mol. The zero-order chi connectivity index (χ0) is 29.5. The van der Waals surface area contributed by atoms with E-state index in [0.717, 1.165) is 17.5 Å². The van der Waals surface area contributed by atoms with Crippen LogP contribution in [-0.4, -0.2) is 31.0 Å². The molecule has 0 fully saturated rings. The Kier molecular flexibility index (Phi) is 7.19. The Morgan fingerprint density at radius 2 is 1.20 bits per heavy atom. The average molecular weight is 612 g/mol. The predicted molar refractivity (Wildman–Crippen MR) is 153 cm³/mol. The van der Waals surface area contributed by atoms with Crippen LogP contribution >= 0.6 is 11.6 Å². The van der Waals surface area contributed by atoms with Crippen LogP contribution in [0.4, 0.5) is 28.4 Å². The molecule has 0 spiro atoms. The quantitative estimate of drug-likeness (QED) is 0.0870. The average Bonchev–Trinajstić information content (AvgIpc) is 2.91. The van der Waals surface area contributed by atoms with Crippen molar-refractivity contribution in [1.29, 1.82) is 0 Å². The van der Waals surface area contributed by atoms with E-state index in [2.05, 4.69) is 20.5 Å². The molecule has 5 aromatic rings. The monoisotopic (exact) mass is 611 g/mol. The van der Waals surface area contributed by atoms with E-state index in [1.54, 1.807) is 36.4 Å². The number of aromatic hydroxyl groups is 1. The maximum atomic E-state index is 12.3. The minimum atomic E-state index is -5.04. The largest absolute Gasteiger partial charge is 0.505 e. The van der Waals surface area contributed by atoms with Crippen LogP contribution in [0, 0.1) is 0 Å². The highest BCUT2D eigenvalue weighted by molar-refractivity contribution is 7.86. The van der Waals surface area contributed by atoms with Crippen LogP contribution in [0.15, 0.2) is 109 Å². The van der Waals surface area contributed by atoms with Crippen molar-refractivity contribution in [2.24, 2.45) is 20.5 Å². The Bertz CT molecular complexity index is 2150. The SMILES string of the molecule is Nc1c(N=Nc2ccccc2Cl)c(S(=O)(=O)O)cc2cc(S(=O)(=O)O)c(N=Nc3cccc4ccccc34)c(O)c12. The fourth-order valence-corrected chi connectivity index (χ4v) is 5.64. The van der Waals surface area contributed by atoms with E-state index in [1.807, 2.05) is 18.2 Å². The number of rotatable bonds is 6. The van der Waals surface area contributed by atoms with Crippen molar-refractivity contribution in [3.63, 3.8) is 0 Å². The highest BCUT2D eigenvalue weighted by atomic mass is 35.5. The fourth-order valence-electron chi connectivity index (χ4n) is 4.14. The Morgan fingerprint density at radius 3 is 1.88 bits per heavy atom. The first kappa shape index (κ1) is 28.1. The second kappa shape index (κ2) is 10.5. The summed E-state index contributed by atoms with van der Waals surface area (Å²) in [6, 6.07) is 20.2. The molecule has 0 aliphatic carbocycles. The van der Waals surface area contributed by atoms with Gasteiger partial charge in [0.2, 0.25) is 0 Å². The maximum absolute atomic E-state index is 12.3. The first-order valence-electron chi connectivity index (χ1n) is 11.5. The number of nitrogens with zero attached hydrogens (tertiary/aromatic N) is 4. The van der Waals surface area contributed by atoms with Gasteiger partial charge in [-0.05, 0) is 41.1 Å². The summed E-state index contributed by atoms with van der Waals surface area (Å²) in [4.78, 5) is -1.73.